The highest BCUT2D eigenvalue weighted by atomic mass is 16.6. The lowest BCUT2D eigenvalue weighted by molar-refractivity contribution is -0.383. The Hall–Kier alpha value is -2.30. The average Bonchev–Trinajstić information content (AvgIpc) is 2.27. The zero-order chi connectivity index (χ0) is 11.7. The highest BCUT2D eigenvalue weighted by Crippen LogP contribution is 2.27. The molecule has 0 saturated carbocycles. The van der Waals surface area contributed by atoms with Crippen molar-refractivity contribution in [3.8, 4) is 0 Å². The van der Waals surface area contributed by atoms with Gasteiger partial charge in [-0.25, -0.2) is 0 Å². The molecular weight excluding hydrogens is 208 g/mol. The first-order valence-electron chi connectivity index (χ1n) is 4.63. The van der Waals surface area contributed by atoms with E-state index in [9.17, 15) is 14.9 Å². The number of pyridine rings is 1. The molecule has 0 aliphatic carbocycles. The fourth-order valence-corrected chi connectivity index (χ4v) is 1.64. The Kier molecular flexibility index (Phi) is 2.36. The topological polar surface area (TPSA) is 73.1 Å². The van der Waals surface area contributed by atoms with E-state index in [0.717, 1.165) is 0 Å². The smallest absolute Gasteiger partial charge is 0.278 e. The minimum Gasteiger partial charge on any atom is -0.294 e. The molecule has 2 aromatic rings. The Labute approximate surface area is 90.9 Å². The van der Waals surface area contributed by atoms with Crippen LogP contribution >= 0.6 is 0 Å². The molecule has 0 fully saturated rings. The molecule has 0 N–H and O–H groups in total. The van der Waals surface area contributed by atoms with Gasteiger partial charge in [0.15, 0.2) is 5.78 Å². The number of carbonyl (C=O) groups is 1. The number of nitrogens with zero attached hydrogens (tertiary/aromatic N) is 2. The summed E-state index contributed by atoms with van der Waals surface area (Å²) in [5, 5.41) is 11.7. The maximum absolute atomic E-state index is 11.4. The Bertz CT molecular complexity index is 540. The summed E-state index contributed by atoms with van der Waals surface area (Å²) in [6, 6.07) is 4.42. The third kappa shape index (κ3) is 1.52. The quantitative estimate of drug-likeness (QED) is 0.438. The second-order valence-electron chi connectivity index (χ2n) is 3.37. The highest BCUT2D eigenvalue weighted by Gasteiger charge is 2.15. The molecule has 5 nitrogen and oxygen atoms in total. The number of nitro groups is 1. The lowest BCUT2D eigenvalue weighted by Gasteiger charge is -2.03. The summed E-state index contributed by atoms with van der Waals surface area (Å²) in [5.74, 6) is -0.119. The van der Waals surface area contributed by atoms with Gasteiger partial charge < -0.3 is 0 Å². The largest absolute Gasteiger partial charge is 0.294 e. The van der Waals surface area contributed by atoms with Crippen molar-refractivity contribution in [1.29, 1.82) is 0 Å². The third-order valence-corrected chi connectivity index (χ3v) is 2.37. The number of benzene rings is 1. The van der Waals surface area contributed by atoms with Crippen LogP contribution in [0, 0.1) is 10.1 Å². The van der Waals surface area contributed by atoms with Gasteiger partial charge in [0.05, 0.1) is 10.3 Å². The van der Waals surface area contributed by atoms with Crippen molar-refractivity contribution < 1.29 is 9.72 Å². The fraction of sp³-hybridized carbons (Fsp3) is 0.0909. The van der Waals surface area contributed by atoms with E-state index in [1.807, 2.05) is 0 Å². The molecule has 0 atom stereocenters. The number of Topliss-reactive ketones (excluding diaryl/α,β-unsaturated/α-hetero) is 1. The Morgan fingerprint density at radius 1 is 1.31 bits per heavy atom. The summed E-state index contributed by atoms with van der Waals surface area (Å²) in [7, 11) is 0. The first kappa shape index (κ1) is 10.2. The van der Waals surface area contributed by atoms with Gasteiger partial charge >= 0.3 is 0 Å². The molecule has 0 spiro atoms. The van der Waals surface area contributed by atoms with Crippen molar-refractivity contribution in [2.24, 2.45) is 0 Å². The molecule has 80 valence electrons. The molecule has 0 unspecified atom stereocenters. The zero-order valence-electron chi connectivity index (χ0n) is 8.51. The van der Waals surface area contributed by atoms with Crippen LogP contribution in [0.2, 0.25) is 0 Å². The number of hydrogen-bond acceptors (Lipinski definition) is 4. The lowest BCUT2D eigenvalue weighted by atomic mass is 10.0. The van der Waals surface area contributed by atoms with Crippen molar-refractivity contribution in [3.05, 3.63) is 46.3 Å². The van der Waals surface area contributed by atoms with Crippen molar-refractivity contribution >= 4 is 22.2 Å². The van der Waals surface area contributed by atoms with Crippen molar-refractivity contribution in [1.82, 2.24) is 4.98 Å². The summed E-state index contributed by atoms with van der Waals surface area (Å²) in [6.45, 7) is 1.43. The van der Waals surface area contributed by atoms with Crippen LogP contribution < -0.4 is 0 Å². The van der Waals surface area contributed by atoms with Gasteiger partial charge in [-0.2, -0.15) is 0 Å². The first-order valence-corrected chi connectivity index (χ1v) is 4.63. The van der Waals surface area contributed by atoms with Gasteiger partial charge in [-0.3, -0.25) is 19.9 Å². The lowest BCUT2D eigenvalue weighted by Crippen LogP contribution is -1.97. The average molecular weight is 216 g/mol. The zero-order valence-corrected chi connectivity index (χ0v) is 8.51. The second kappa shape index (κ2) is 3.69. The molecule has 1 heterocycles. The molecule has 0 saturated heterocycles. The van der Waals surface area contributed by atoms with Gasteiger partial charge in [-0.15, -0.1) is 0 Å². The number of aromatic nitrogens is 1. The van der Waals surface area contributed by atoms with Gasteiger partial charge in [-0.1, -0.05) is 0 Å². The number of rotatable bonds is 2. The van der Waals surface area contributed by atoms with Crippen molar-refractivity contribution in [3.63, 3.8) is 0 Å². The predicted octanol–water partition coefficient (Wildman–Crippen LogP) is 2.35. The Morgan fingerprint density at radius 2 is 2.06 bits per heavy atom. The Morgan fingerprint density at radius 3 is 2.69 bits per heavy atom. The summed E-state index contributed by atoms with van der Waals surface area (Å²) in [4.78, 5) is 25.5. The standard InChI is InChI=1S/C11H8N2O3/c1-7(14)8-2-3-11(13(15)16)10-6-12-5-4-9(8)10/h2-6H,1H3. The summed E-state index contributed by atoms with van der Waals surface area (Å²) in [6.07, 6.45) is 2.92. The molecule has 0 radical (unpaired) electrons. The van der Waals surface area contributed by atoms with Gasteiger partial charge in [0, 0.05) is 29.4 Å². The van der Waals surface area contributed by atoms with Crippen LogP contribution in [0.3, 0.4) is 0 Å². The molecule has 0 bridgehead atoms. The molecule has 16 heavy (non-hydrogen) atoms. The predicted molar refractivity (Wildman–Crippen MR) is 58.4 cm³/mol. The van der Waals surface area contributed by atoms with E-state index < -0.39 is 4.92 Å². The molecule has 1 aromatic heterocycles. The number of nitro benzene ring substituents is 1. The van der Waals surface area contributed by atoms with Gasteiger partial charge in [0.1, 0.15) is 0 Å². The van der Waals surface area contributed by atoms with Crippen LogP contribution in [-0.2, 0) is 0 Å². The van der Waals surface area contributed by atoms with Gasteiger partial charge in [-0.05, 0) is 19.1 Å². The molecule has 1 aromatic carbocycles. The van der Waals surface area contributed by atoms with E-state index in [4.69, 9.17) is 0 Å². The minimum absolute atomic E-state index is 0.0342. The van der Waals surface area contributed by atoms with Crippen LogP contribution in [0.4, 0.5) is 5.69 Å². The number of ketones is 1. The van der Waals surface area contributed by atoms with Gasteiger partial charge in [0.25, 0.3) is 5.69 Å². The second-order valence-corrected chi connectivity index (χ2v) is 3.37. The molecule has 0 amide bonds. The molecular formula is C11H8N2O3. The van der Waals surface area contributed by atoms with E-state index in [2.05, 4.69) is 4.98 Å². The van der Waals surface area contributed by atoms with E-state index >= 15 is 0 Å². The molecule has 5 heteroatoms. The van der Waals surface area contributed by atoms with E-state index in [-0.39, 0.29) is 11.5 Å². The van der Waals surface area contributed by atoms with E-state index in [1.54, 1.807) is 6.07 Å². The number of non-ortho nitro benzene ring substituents is 1. The first-order chi connectivity index (χ1) is 7.61. The molecule has 0 aliphatic heterocycles. The van der Waals surface area contributed by atoms with E-state index in [0.29, 0.717) is 16.3 Å². The van der Waals surface area contributed by atoms with Gasteiger partial charge in [0.2, 0.25) is 0 Å². The number of carbonyl (C=O) groups excluding carboxylic acids is 1. The van der Waals surface area contributed by atoms with Crippen LogP contribution in [0.15, 0.2) is 30.6 Å². The fourth-order valence-electron chi connectivity index (χ4n) is 1.64. The van der Waals surface area contributed by atoms with Crippen LogP contribution in [-0.4, -0.2) is 15.7 Å². The highest BCUT2D eigenvalue weighted by molar-refractivity contribution is 6.09. The van der Waals surface area contributed by atoms with Crippen molar-refractivity contribution in [2.75, 3.05) is 0 Å². The maximum Gasteiger partial charge on any atom is 0.278 e. The van der Waals surface area contributed by atoms with Crippen LogP contribution in [0.1, 0.15) is 17.3 Å². The van der Waals surface area contributed by atoms with Crippen molar-refractivity contribution in [2.45, 2.75) is 6.92 Å². The summed E-state index contributed by atoms with van der Waals surface area (Å²) >= 11 is 0. The molecule has 0 aliphatic rings. The maximum atomic E-state index is 11.4. The monoisotopic (exact) mass is 216 g/mol. The third-order valence-electron chi connectivity index (χ3n) is 2.37. The SMILES string of the molecule is CC(=O)c1ccc([N+](=O)[O-])c2cnccc12. The minimum atomic E-state index is -0.478. The summed E-state index contributed by atoms with van der Waals surface area (Å²) in [5.41, 5.74) is 0.441. The number of fused-ring (bicyclic) bond motifs is 1. The summed E-state index contributed by atoms with van der Waals surface area (Å²) < 4.78 is 0. The molecule has 2 rings (SSSR count). The van der Waals surface area contributed by atoms with E-state index in [1.165, 1.54) is 31.5 Å². The van der Waals surface area contributed by atoms with Crippen LogP contribution in [0.5, 0.6) is 0 Å². The normalized spacial score (nSPS) is 10.3. The number of hydrogen-bond donors (Lipinski definition) is 0. The van der Waals surface area contributed by atoms with Crippen LogP contribution in [0.25, 0.3) is 10.8 Å². The Balaban J connectivity index is 2.87.